The number of amides is 2. The zero-order valence-corrected chi connectivity index (χ0v) is 14.3. The number of guanidine groups is 1. The number of pyridine rings is 1. The second-order valence-corrected chi connectivity index (χ2v) is 5.58. The fourth-order valence-electron chi connectivity index (χ4n) is 2.16. The third-order valence-corrected chi connectivity index (χ3v) is 3.39. The number of nitrogens with zero attached hydrogens (tertiary/aromatic N) is 1. The van der Waals surface area contributed by atoms with Gasteiger partial charge in [0.1, 0.15) is 0 Å². The molecule has 142 valence electrons. The zero-order valence-electron chi connectivity index (χ0n) is 14.3. The summed E-state index contributed by atoms with van der Waals surface area (Å²) in [4.78, 5) is 38.6. The van der Waals surface area contributed by atoms with E-state index >= 15 is 0 Å². The van der Waals surface area contributed by atoms with Crippen LogP contribution >= 0.6 is 0 Å². The van der Waals surface area contributed by atoms with Crippen molar-refractivity contribution in [2.75, 3.05) is 13.1 Å². The summed E-state index contributed by atoms with van der Waals surface area (Å²) in [7, 11) is 0. The Morgan fingerprint density at radius 3 is 2.62 bits per heavy atom. The molecular formula is C16H24N6O4. The van der Waals surface area contributed by atoms with Crippen molar-refractivity contribution >= 4 is 23.7 Å². The second kappa shape index (κ2) is 11.4. The highest BCUT2D eigenvalue weighted by molar-refractivity contribution is 5.85. The van der Waals surface area contributed by atoms with Gasteiger partial charge in [0, 0.05) is 25.4 Å². The number of hydrogen-bond acceptors (Lipinski definition) is 5. The summed E-state index contributed by atoms with van der Waals surface area (Å²) >= 11 is 0. The van der Waals surface area contributed by atoms with E-state index in [0.717, 1.165) is 0 Å². The van der Waals surface area contributed by atoms with Gasteiger partial charge in [0.05, 0.1) is 19.0 Å². The lowest BCUT2D eigenvalue weighted by Crippen LogP contribution is -2.39. The van der Waals surface area contributed by atoms with E-state index in [4.69, 9.17) is 16.2 Å². The fourth-order valence-corrected chi connectivity index (χ4v) is 2.16. The first-order valence-electron chi connectivity index (χ1n) is 8.14. The molecule has 1 aromatic heterocycles. The molecule has 0 fully saturated rings. The van der Waals surface area contributed by atoms with Crippen molar-refractivity contribution in [3.05, 3.63) is 30.1 Å². The fraction of sp³-hybridized carbons (Fsp3) is 0.438. The number of aliphatic carboxylic acids is 1. The maximum Gasteiger partial charge on any atom is 0.305 e. The van der Waals surface area contributed by atoms with Crippen molar-refractivity contribution in [1.82, 2.24) is 20.9 Å². The Morgan fingerprint density at radius 2 is 2.00 bits per heavy atom. The van der Waals surface area contributed by atoms with Gasteiger partial charge in [-0.1, -0.05) is 6.07 Å². The monoisotopic (exact) mass is 364 g/mol. The number of carboxylic acids is 1. The van der Waals surface area contributed by atoms with E-state index in [2.05, 4.69) is 20.9 Å². The lowest BCUT2D eigenvalue weighted by Gasteiger charge is -2.17. The highest BCUT2D eigenvalue weighted by Crippen LogP contribution is 2.15. The van der Waals surface area contributed by atoms with E-state index in [1.54, 1.807) is 18.3 Å². The van der Waals surface area contributed by atoms with Gasteiger partial charge in [-0.15, -0.1) is 0 Å². The molecule has 0 aromatic carbocycles. The zero-order chi connectivity index (χ0) is 19.4. The molecule has 10 nitrogen and oxygen atoms in total. The molecule has 0 spiro atoms. The van der Waals surface area contributed by atoms with Crippen molar-refractivity contribution in [2.24, 2.45) is 5.73 Å². The smallest absolute Gasteiger partial charge is 0.305 e. The third kappa shape index (κ3) is 9.21. The summed E-state index contributed by atoms with van der Waals surface area (Å²) in [5.41, 5.74) is 5.71. The molecule has 0 aliphatic rings. The molecule has 0 aliphatic carbocycles. The van der Waals surface area contributed by atoms with E-state index in [1.807, 2.05) is 0 Å². The van der Waals surface area contributed by atoms with Crippen LogP contribution in [0.3, 0.4) is 0 Å². The molecule has 0 aliphatic heterocycles. The highest BCUT2D eigenvalue weighted by atomic mass is 16.4. The number of carbonyl (C=O) groups excluding carboxylic acids is 2. The van der Waals surface area contributed by atoms with Crippen LogP contribution in [0.5, 0.6) is 0 Å². The van der Waals surface area contributed by atoms with E-state index < -0.39 is 17.9 Å². The number of unbranched alkanes of at least 4 members (excludes halogenated alkanes) is 1. The lowest BCUT2D eigenvalue weighted by molar-refractivity contribution is -0.138. The average Bonchev–Trinajstić information content (AvgIpc) is 2.59. The minimum atomic E-state index is -1.05. The summed E-state index contributed by atoms with van der Waals surface area (Å²) in [6.07, 6.45) is 4.26. The summed E-state index contributed by atoms with van der Waals surface area (Å²) in [6.45, 7) is 0.270. The first-order chi connectivity index (χ1) is 12.4. The quantitative estimate of drug-likeness (QED) is 0.174. The molecule has 0 saturated heterocycles. The highest BCUT2D eigenvalue weighted by Gasteiger charge is 2.18. The average molecular weight is 364 g/mol. The van der Waals surface area contributed by atoms with Crippen LogP contribution in [0.2, 0.25) is 0 Å². The Morgan fingerprint density at radius 1 is 1.23 bits per heavy atom. The number of nitrogens with one attached hydrogen (secondary N) is 4. The van der Waals surface area contributed by atoms with Gasteiger partial charge in [-0.25, -0.2) is 0 Å². The van der Waals surface area contributed by atoms with Crippen LogP contribution in [0.4, 0.5) is 0 Å². The molecule has 1 aromatic rings. The van der Waals surface area contributed by atoms with Crippen LogP contribution in [-0.4, -0.2) is 46.9 Å². The number of carbonyl (C=O) groups is 3. The van der Waals surface area contributed by atoms with Crippen LogP contribution in [0.1, 0.15) is 37.3 Å². The normalized spacial score (nSPS) is 11.2. The van der Waals surface area contributed by atoms with Crippen molar-refractivity contribution < 1.29 is 19.5 Å². The summed E-state index contributed by atoms with van der Waals surface area (Å²) < 4.78 is 0. The van der Waals surface area contributed by atoms with E-state index in [-0.39, 0.29) is 31.3 Å². The van der Waals surface area contributed by atoms with Crippen LogP contribution in [-0.2, 0) is 14.4 Å². The largest absolute Gasteiger partial charge is 0.481 e. The number of aromatic nitrogens is 1. The van der Waals surface area contributed by atoms with Crippen molar-refractivity contribution in [3.63, 3.8) is 0 Å². The Balaban J connectivity index is 2.35. The SMILES string of the molecule is N=C(N)NCCCCC(=O)NCC(=O)NC(CC(=O)O)c1cccnc1. The van der Waals surface area contributed by atoms with Crippen LogP contribution < -0.4 is 21.7 Å². The minimum absolute atomic E-state index is 0.115. The summed E-state index contributed by atoms with van der Waals surface area (Å²) in [6, 6.07) is 2.61. The van der Waals surface area contributed by atoms with Crippen molar-refractivity contribution in [2.45, 2.75) is 31.7 Å². The van der Waals surface area contributed by atoms with E-state index in [0.29, 0.717) is 24.9 Å². The second-order valence-electron chi connectivity index (χ2n) is 5.58. The van der Waals surface area contributed by atoms with Gasteiger partial charge < -0.3 is 26.8 Å². The number of nitrogens with two attached hydrogens (primary N) is 1. The number of rotatable bonds is 11. The maximum absolute atomic E-state index is 12.0. The van der Waals surface area contributed by atoms with Gasteiger partial charge in [-0.05, 0) is 24.5 Å². The maximum atomic E-state index is 12.0. The van der Waals surface area contributed by atoms with Gasteiger partial charge >= 0.3 is 5.97 Å². The Hall–Kier alpha value is -3.17. The van der Waals surface area contributed by atoms with Gasteiger partial charge in [-0.2, -0.15) is 0 Å². The molecular weight excluding hydrogens is 340 g/mol. The molecule has 1 unspecified atom stereocenters. The number of hydrogen-bond donors (Lipinski definition) is 6. The van der Waals surface area contributed by atoms with Gasteiger partial charge in [0.15, 0.2) is 5.96 Å². The van der Waals surface area contributed by atoms with Gasteiger partial charge in [0.25, 0.3) is 0 Å². The summed E-state index contributed by atoms with van der Waals surface area (Å²) in [5, 5.41) is 23.7. The van der Waals surface area contributed by atoms with Crippen molar-refractivity contribution in [3.8, 4) is 0 Å². The Kier molecular flexibility index (Phi) is 9.15. The molecule has 1 rings (SSSR count). The first-order valence-corrected chi connectivity index (χ1v) is 8.14. The Bertz CT molecular complexity index is 622. The van der Waals surface area contributed by atoms with Gasteiger partial charge in [-0.3, -0.25) is 24.8 Å². The topological polar surface area (TPSA) is 170 Å². The van der Waals surface area contributed by atoms with Crippen LogP contribution in [0.15, 0.2) is 24.5 Å². The molecule has 10 heteroatoms. The van der Waals surface area contributed by atoms with E-state index in [9.17, 15) is 14.4 Å². The number of carboxylic acid groups (broad SMARTS) is 1. The lowest BCUT2D eigenvalue weighted by atomic mass is 10.1. The molecule has 0 radical (unpaired) electrons. The predicted octanol–water partition coefficient (Wildman–Crippen LogP) is -0.517. The van der Waals surface area contributed by atoms with Crippen molar-refractivity contribution in [1.29, 1.82) is 5.41 Å². The van der Waals surface area contributed by atoms with Crippen LogP contribution in [0, 0.1) is 5.41 Å². The van der Waals surface area contributed by atoms with E-state index in [1.165, 1.54) is 6.20 Å². The molecule has 1 atom stereocenters. The molecule has 2 amide bonds. The minimum Gasteiger partial charge on any atom is -0.481 e. The molecule has 7 N–H and O–H groups in total. The Labute approximate surface area is 151 Å². The summed E-state index contributed by atoms with van der Waals surface area (Å²) in [5.74, 6) is -1.93. The molecule has 0 saturated carbocycles. The third-order valence-electron chi connectivity index (χ3n) is 3.39. The first kappa shape index (κ1) is 20.9. The molecule has 0 bridgehead atoms. The van der Waals surface area contributed by atoms with Crippen LogP contribution in [0.25, 0.3) is 0 Å². The molecule has 26 heavy (non-hydrogen) atoms. The van der Waals surface area contributed by atoms with Gasteiger partial charge in [0.2, 0.25) is 11.8 Å². The molecule has 1 heterocycles. The predicted molar refractivity (Wildman–Crippen MR) is 94.2 cm³/mol. The standard InChI is InChI=1S/C16H24N6O4/c17-16(18)20-7-2-1-5-13(23)21-10-14(24)22-12(8-15(25)26)11-4-3-6-19-9-11/h3-4,6,9,12H,1-2,5,7-8,10H2,(H,21,23)(H,22,24)(H,25,26)(H4,17,18,20).